The molecule has 0 saturated heterocycles. The molecule has 1 N–H and O–H groups in total. The van der Waals surface area contributed by atoms with Gasteiger partial charge in [0.15, 0.2) is 0 Å². The second-order valence-corrected chi connectivity index (χ2v) is 12.5. The average molecular weight is 641 g/mol. The molecule has 8 nitrogen and oxygen atoms in total. The Morgan fingerprint density at radius 3 is 2.20 bits per heavy atom. The summed E-state index contributed by atoms with van der Waals surface area (Å²) >= 11 is 18.7. The lowest BCUT2D eigenvalue weighted by Gasteiger charge is -2.33. The van der Waals surface area contributed by atoms with Gasteiger partial charge in [0, 0.05) is 27.7 Å². The fraction of sp³-hybridized carbons (Fsp3) is 0.310. The Labute approximate surface area is 256 Å². The second kappa shape index (κ2) is 14.3. The van der Waals surface area contributed by atoms with Crippen molar-refractivity contribution < 1.29 is 22.7 Å². The smallest absolute Gasteiger partial charge is 0.264 e. The van der Waals surface area contributed by atoms with E-state index in [9.17, 15) is 18.0 Å². The molecule has 3 aromatic rings. The van der Waals surface area contributed by atoms with Crippen LogP contribution in [0.2, 0.25) is 15.1 Å². The van der Waals surface area contributed by atoms with Crippen LogP contribution in [-0.2, 0) is 26.2 Å². The van der Waals surface area contributed by atoms with Crippen molar-refractivity contribution in [2.24, 2.45) is 0 Å². The molecular formula is C29H32Cl3N3O5S. The molecule has 0 bridgehead atoms. The van der Waals surface area contributed by atoms with E-state index in [0.29, 0.717) is 22.0 Å². The number of ether oxygens (including phenoxy) is 1. The molecule has 3 aromatic carbocycles. The number of nitrogens with one attached hydrogen (secondary N) is 1. The van der Waals surface area contributed by atoms with Crippen molar-refractivity contribution in [3.8, 4) is 5.75 Å². The van der Waals surface area contributed by atoms with Gasteiger partial charge in [0.1, 0.15) is 18.3 Å². The molecule has 2 amide bonds. The zero-order valence-corrected chi connectivity index (χ0v) is 26.2. The van der Waals surface area contributed by atoms with Gasteiger partial charge in [-0.2, -0.15) is 0 Å². The topological polar surface area (TPSA) is 96.0 Å². The fourth-order valence-electron chi connectivity index (χ4n) is 3.97. The lowest BCUT2D eigenvalue weighted by atomic mass is 10.1. The van der Waals surface area contributed by atoms with Gasteiger partial charge in [-0.25, -0.2) is 8.42 Å². The molecule has 0 heterocycles. The van der Waals surface area contributed by atoms with Gasteiger partial charge in [0.2, 0.25) is 11.8 Å². The summed E-state index contributed by atoms with van der Waals surface area (Å²) in [5.74, 6) is -0.850. The molecule has 0 aliphatic heterocycles. The average Bonchev–Trinajstić information content (AvgIpc) is 2.95. The third-order valence-corrected chi connectivity index (χ3v) is 9.14. The van der Waals surface area contributed by atoms with Gasteiger partial charge in [-0.05, 0) is 68.3 Å². The molecule has 3 rings (SSSR count). The van der Waals surface area contributed by atoms with Crippen molar-refractivity contribution in [1.82, 2.24) is 10.2 Å². The van der Waals surface area contributed by atoms with E-state index < -0.39 is 34.4 Å². The normalized spacial score (nSPS) is 12.8. The number of nitrogens with zero attached hydrogens (tertiary/aromatic N) is 2. The highest BCUT2D eigenvalue weighted by molar-refractivity contribution is 7.92. The highest BCUT2D eigenvalue weighted by Crippen LogP contribution is 2.35. The zero-order chi connectivity index (χ0) is 30.3. The van der Waals surface area contributed by atoms with E-state index in [-0.39, 0.29) is 33.9 Å². The Balaban J connectivity index is 2.10. The van der Waals surface area contributed by atoms with Gasteiger partial charge in [-0.3, -0.25) is 13.9 Å². The third-order valence-electron chi connectivity index (χ3n) is 6.54. The summed E-state index contributed by atoms with van der Waals surface area (Å²) in [5, 5.41) is 3.84. The molecule has 0 unspecified atom stereocenters. The Morgan fingerprint density at radius 2 is 1.59 bits per heavy atom. The maximum absolute atomic E-state index is 14.1. The highest BCUT2D eigenvalue weighted by atomic mass is 35.5. The zero-order valence-electron chi connectivity index (χ0n) is 23.1. The van der Waals surface area contributed by atoms with E-state index in [4.69, 9.17) is 39.5 Å². The van der Waals surface area contributed by atoms with Crippen LogP contribution in [0.4, 0.5) is 5.69 Å². The third kappa shape index (κ3) is 8.07. The van der Waals surface area contributed by atoms with Crippen LogP contribution in [0.1, 0.15) is 32.8 Å². The number of anilines is 1. The Bertz CT molecular complexity index is 1490. The summed E-state index contributed by atoms with van der Waals surface area (Å²) in [7, 11) is -2.90. The first kappa shape index (κ1) is 32.5. The summed E-state index contributed by atoms with van der Waals surface area (Å²) in [4.78, 5) is 28.5. The number of carbonyl (C=O) groups excluding carboxylic acids is 2. The second-order valence-electron chi connectivity index (χ2n) is 9.39. The number of halogens is 3. The van der Waals surface area contributed by atoms with Crippen LogP contribution in [0.3, 0.4) is 0 Å². The molecule has 41 heavy (non-hydrogen) atoms. The van der Waals surface area contributed by atoms with E-state index >= 15 is 0 Å². The molecular weight excluding hydrogens is 609 g/mol. The van der Waals surface area contributed by atoms with E-state index in [1.165, 1.54) is 42.3 Å². The molecule has 0 fully saturated rings. The maximum Gasteiger partial charge on any atom is 0.264 e. The number of hydrogen-bond acceptors (Lipinski definition) is 5. The number of carbonyl (C=O) groups is 2. The molecule has 12 heteroatoms. The van der Waals surface area contributed by atoms with Crippen molar-refractivity contribution in [3.63, 3.8) is 0 Å². The van der Waals surface area contributed by atoms with Crippen molar-refractivity contribution >= 4 is 62.3 Å². The van der Waals surface area contributed by atoms with Gasteiger partial charge in [-0.1, -0.05) is 66.0 Å². The SMILES string of the molecule is CC[C@H](C)NC(=O)[C@H](C)N(Cc1ccc(Cl)cc1Cl)C(=O)CN(c1cc(Cl)ccc1OC)S(=O)(=O)c1ccccc1. The monoisotopic (exact) mass is 639 g/mol. The summed E-state index contributed by atoms with van der Waals surface area (Å²) in [6.07, 6.45) is 0.688. The predicted octanol–water partition coefficient (Wildman–Crippen LogP) is 6.18. The van der Waals surface area contributed by atoms with Crippen molar-refractivity contribution in [2.45, 2.75) is 50.7 Å². The number of sulfonamides is 1. The summed E-state index contributed by atoms with van der Waals surface area (Å²) in [6, 6.07) is 15.9. The van der Waals surface area contributed by atoms with Crippen molar-refractivity contribution in [1.29, 1.82) is 0 Å². The van der Waals surface area contributed by atoms with Crippen LogP contribution in [0.5, 0.6) is 5.75 Å². The van der Waals surface area contributed by atoms with Crippen molar-refractivity contribution in [2.75, 3.05) is 18.0 Å². The minimum absolute atomic E-state index is 0.0373. The Morgan fingerprint density at radius 1 is 0.951 bits per heavy atom. The highest BCUT2D eigenvalue weighted by Gasteiger charge is 2.34. The molecule has 2 atom stereocenters. The quantitative estimate of drug-likeness (QED) is 0.255. The minimum Gasteiger partial charge on any atom is -0.495 e. The first-order chi connectivity index (χ1) is 19.4. The van der Waals surface area contributed by atoms with E-state index in [2.05, 4.69) is 5.32 Å². The van der Waals surface area contributed by atoms with E-state index in [1.54, 1.807) is 43.3 Å². The molecule has 0 aromatic heterocycles. The number of amides is 2. The number of rotatable bonds is 12. The van der Waals surface area contributed by atoms with Crippen molar-refractivity contribution in [3.05, 3.63) is 87.4 Å². The van der Waals surface area contributed by atoms with Crippen LogP contribution < -0.4 is 14.4 Å². The molecule has 0 aliphatic carbocycles. The van der Waals surface area contributed by atoms with Gasteiger partial charge in [0.05, 0.1) is 17.7 Å². The Kier molecular flexibility index (Phi) is 11.3. The molecule has 0 radical (unpaired) electrons. The molecule has 220 valence electrons. The number of benzene rings is 3. The lowest BCUT2D eigenvalue weighted by molar-refractivity contribution is -0.139. The summed E-state index contributed by atoms with van der Waals surface area (Å²) < 4.78 is 34.3. The minimum atomic E-state index is -4.28. The van der Waals surface area contributed by atoms with E-state index in [1.807, 2.05) is 13.8 Å². The largest absolute Gasteiger partial charge is 0.495 e. The van der Waals surface area contributed by atoms with Crippen LogP contribution in [0, 0.1) is 0 Å². The van der Waals surface area contributed by atoms with Gasteiger partial charge >= 0.3 is 0 Å². The van der Waals surface area contributed by atoms with Gasteiger partial charge < -0.3 is 15.0 Å². The maximum atomic E-state index is 14.1. The van der Waals surface area contributed by atoms with Crippen LogP contribution >= 0.6 is 34.8 Å². The first-order valence-electron chi connectivity index (χ1n) is 12.8. The first-order valence-corrected chi connectivity index (χ1v) is 15.4. The van der Waals surface area contributed by atoms with Gasteiger partial charge in [0.25, 0.3) is 10.0 Å². The number of hydrogen-bond donors (Lipinski definition) is 1. The predicted molar refractivity (Wildman–Crippen MR) is 163 cm³/mol. The molecule has 0 saturated carbocycles. The van der Waals surface area contributed by atoms with Crippen LogP contribution in [0.15, 0.2) is 71.6 Å². The van der Waals surface area contributed by atoms with Crippen LogP contribution in [-0.4, -0.2) is 50.9 Å². The fourth-order valence-corrected chi connectivity index (χ4v) is 6.04. The Hall–Kier alpha value is -2.98. The van der Waals surface area contributed by atoms with E-state index in [0.717, 1.165) is 4.31 Å². The number of methoxy groups -OCH3 is 1. The van der Waals surface area contributed by atoms with Gasteiger partial charge in [-0.15, -0.1) is 0 Å². The van der Waals surface area contributed by atoms with Crippen LogP contribution in [0.25, 0.3) is 0 Å². The lowest BCUT2D eigenvalue weighted by Crippen LogP contribution is -2.52. The summed E-state index contributed by atoms with van der Waals surface area (Å²) in [6.45, 7) is 4.63. The standard InChI is InChI=1S/C29H32Cl3N3O5S/c1-5-19(2)33-29(37)20(3)34(17-21-11-12-22(30)15-25(21)32)28(36)18-35(26-16-23(31)13-14-27(26)40-4)41(38,39)24-9-7-6-8-10-24/h6-16,19-20H,5,17-18H2,1-4H3,(H,33,37)/t19-,20-/m0/s1. The molecule has 0 spiro atoms. The summed E-state index contributed by atoms with van der Waals surface area (Å²) in [5.41, 5.74) is 0.601. The molecule has 0 aliphatic rings.